The van der Waals surface area contributed by atoms with Gasteiger partial charge < -0.3 is 5.11 Å². The van der Waals surface area contributed by atoms with Crippen molar-refractivity contribution in [1.29, 1.82) is 0 Å². The van der Waals surface area contributed by atoms with Crippen LogP contribution in [0.25, 0.3) is 0 Å². The number of thioether (sulfide) groups is 1. The Kier molecular flexibility index (Phi) is 3.95. The van der Waals surface area contributed by atoms with Crippen molar-refractivity contribution in [2.75, 3.05) is 5.75 Å². The summed E-state index contributed by atoms with van der Waals surface area (Å²) in [4.78, 5) is 11.4. The summed E-state index contributed by atoms with van der Waals surface area (Å²) in [6, 6.07) is 4.55. The van der Waals surface area contributed by atoms with Crippen LogP contribution in [0.5, 0.6) is 0 Å². The van der Waals surface area contributed by atoms with Crippen molar-refractivity contribution >= 4 is 17.7 Å². The molecule has 0 radical (unpaired) electrons. The van der Waals surface area contributed by atoms with E-state index in [-0.39, 0.29) is 5.56 Å². The zero-order valence-electron chi connectivity index (χ0n) is 7.79. The second kappa shape index (κ2) is 5.00. The van der Waals surface area contributed by atoms with Crippen molar-refractivity contribution in [2.45, 2.75) is 18.5 Å². The third kappa shape index (κ3) is 2.48. The summed E-state index contributed by atoms with van der Waals surface area (Å²) in [5, 5.41) is 8.85. The van der Waals surface area contributed by atoms with Gasteiger partial charge in [0.2, 0.25) is 0 Å². The molecular weight excluding hydrogens is 203 g/mol. The van der Waals surface area contributed by atoms with Crippen LogP contribution < -0.4 is 0 Å². The average molecular weight is 214 g/mol. The van der Waals surface area contributed by atoms with E-state index >= 15 is 0 Å². The van der Waals surface area contributed by atoms with E-state index in [0.717, 1.165) is 5.75 Å². The molecule has 4 heteroatoms. The van der Waals surface area contributed by atoms with Gasteiger partial charge in [0, 0.05) is 4.90 Å². The van der Waals surface area contributed by atoms with Gasteiger partial charge in [-0.15, -0.1) is 11.8 Å². The van der Waals surface area contributed by atoms with Gasteiger partial charge in [-0.25, -0.2) is 9.18 Å². The molecular formula is C10H11FO2S. The molecule has 0 unspecified atom stereocenters. The molecule has 1 aromatic rings. The molecule has 1 N–H and O–H groups in total. The van der Waals surface area contributed by atoms with Crippen LogP contribution in [0.15, 0.2) is 23.1 Å². The van der Waals surface area contributed by atoms with Gasteiger partial charge in [0.1, 0.15) is 6.67 Å². The highest BCUT2D eigenvalue weighted by Gasteiger charge is 2.10. The Labute approximate surface area is 86.1 Å². The summed E-state index contributed by atoms with van der Waals surface area (Å²) < 4.78 is 12.3. The Morgan fingerprint density at radius 1 is 1.57 bits per heavy atom. The SMILES string of the molecule is CCSc1cc(CF)ccc1C(=O)O. The molecule has 0 aliphatic rings. The summed E-state index contributed by atoms with van der Waals surface area (Å²) >= 11 is 1.41. The maximum Gasteiger partial charge on any atom is 0.336 e. The quantitative estimate of drug-likeness (QED) is 0.783. The Bertz CT molecular complexity index is 339. The van der Waals surface area contributed by atoms with E-state index in [4.69, 9.17) is 5.11 Å². The highest BCUT2D eigenvalue weighted by Crippen LogP contribution is 2.24. The normalized spacial score (nSPS) is 10.1. The number of hydrogen-bond acceptors (Lipinski definition) is 2. The third-order valence-corrected chi connectivity index (χ3v) is 2.67. The van der Waals surface area contributed by atoms with Gasteiger partial charge in [-0.2, -0.15) is 0 Å². The number of aromatic carboxylic acids is 1. The van der Waals surface area contributed by atoms with Gasteiger partial charge in [0.15, 0.2) is 0 Å². The predicted molar refractivity (Wildman–Crippen MR) is 54.6 cm³/mol. The number of alkyl halides is 1. The topological polar surface area (TPSA) is 37.3 Å². The standard InChI is InChI=1S/C10H11FO2S/c1-2-14-9-5-7(6-11)3-4-8(9)10(12)13/h3-5H,2,6H2,1H3,(H,12,13). The van der Waals surface area contributed by atoms with Crippen molar-refractivity contribution in [3.8, 4) is 0 Å². The van der Waals surface area contributed by atoms with Crippen LogP contribution in [0, 0.1) is 0 Å². The Hall–Kier alpha value is -1.03. The van der Waals surface area contributed by atoms with Gasteiger partial charge in [0.25, 0.3) is 0 Å². The van der Waals surface area contributed by atoms with Crippen LogP contribution in [-0.2, 0) is 6.67 Å². The van der Waals surface area contributed by atoms with Crippen molar-refractivity contribution in [3.63, 3.8) is 0 Å². The van der Waals surface area contributed by atoms with Crippen molar-refractivity contribution in [2.24, 2.45) is 0 Å². The van der Waals surface area contributed by atoms with Crippen molar-refractivity contribution < 1.29 is 14.3 Å². The van der Waals surface area contributed by atoms with Crippen molar-refractivity contribution in [1.82, 2.24) is 0 Å². The minimum Gasteiger partial charge on any atom is -0.478 e. The predicted octanol–water partition coefficient (Wildman–Crippen LogP) is 2.97. The first-order valence-corrected chi connectivity index (χ1v) is 5.22. The number of halogens is 1. The highest BCUT2D eigenvalue weighted by atomic mass is 32.2. The lowest BCUT2D eigenvalue weighted by atomic mass is 10.1. The maximum absolute atomic E-state index is 12.3. The van der Waals surface area contributed by atoms with Gasteiger partial charge >= 0.3 is 5.97 Å². The number of carboxylic acid groups (broad SMARTS) is 1. The van der Waals surface area contributed by atoms with Crippen LogP contribution in [0.4, 0.5) is 4.39 Å². The van der Waals surface area contributed by atoms with E-state index in [1.165, 1.54) is 23.9 Å². The van der Waals surface area contributed by atoms with Crippen molar-refractivity contribution in [3.05, 3.63) is 29.3 Å². The number of carboxylic acids is 1. The zero-order chi connectivity index (χ0) is 10.6. The van der Waals surface area contributed by atoms with E-state index in [1.54, 1.807) is 6.07 Å². The molecule has 0 fully saturated rings. The lowest BCUT2D eigenvalue weighted by Crippen LogP contribution is -1.99. The van der Waals surface area contributed by atoms with Gasteiger partial charge in [-0.05, 0) is 23.4 Å². The van der Waals surface area contributed by atoms with Crippen LogP contribution in [0.1, 0.15) is 22.8 Å². The van der Waals surface area contributed by atoms with Crippen LogP contribution in [0.3, 0.4) is 0 Å². The Balaban J connectivity index is 3.10. The Morgan fingerprint density at radius 3 is 2.79 bits per heavy atom. The fourth-order valence-electron chi connectivity index (χ4n) is 1.10. The molecule has 0 spiro atoms. The lowest BCUT2D eigenvalue weighted by molar-refractivity contribution is 0.0693. The minimum atomic E-state index is -0.966. The first kappa shape index (κ1) is 11.0. The summed E-state index contributed by atoms with van der Waals surface area (Å²) in [6.07, 6.45) is 0. The number of benzene rings is 1. The molecule has 0 atom stereocenters. The molecule has 0 aliphatic carbocycles. The molecule has 0 heterocycles. The van der Waals surface area contributed by atoms with Gasteiger partial charge in [-0.3, -0.25) is 0 Å². The van der Waals surface area contributed by atoms with Gasteiger partial charge in [-0.1, -0.05) is 13.0 Å². The maximum atomic E-state index is 12.3. The third-order valence-electron chi connectivity index (χ3n) is 1.73. The molecule has 1 aromatic carbocycles. The van der Waals surface area contributed by atoms with E-state index in [2.05, 4.69) is 0 Å². The van der Waals surface area contributed by atoms with E-state index < -0.39 is 12.6 Å². The molecule has 0 aromatic heterocycles. The molecule has 0 saturated heterocycles. The Morgan fingerprint density at radius 2 is 2.29 bits per heavy atom. The van der Waals surface area contributed by atoms with Crippen LogP contribution in [-0.4, -0.2) is 16.8 Å². The molecule has 0 aliphatic heterocycles. The summed E-state index contributed by atoms with van der Waals surface area (Å²) in [5.74, 6) is -0.193. The van der Waals surface area contributed by atoms with Crippen LogP contribution in [0.2, 0.25) is 0 Å². The fourth-order valence-corrected chi connectivity index (χ4v) is 1.96. The highest BCUT2D eigenvalue weighted by molar-refractivity contribution is 7.99. The van der Waals surface area contributed by atoms with E-state index in [1.807, 2.05) is 6.92 Å². The molecule has 0 saturated carbocycles. The van der Waals surface area contributed by atoms with E-state index in [9.17, 15) is 9.18 Å². The summed E-state index contributed by atoms with van der Waals surface area (Å²) in [7, 11) is 0. The van der Waals surface area contributed by atoms with Crippen LogP contribution >= 0.6 is 11.8 Å². The summed E-state index contributed by atoms with van der Waals surface area (Å²) in [5.41, 5.74) is 0.764. The molecule has 76 valence electrons. The molecule has 0 amide bonds. The smallest absolute Gasteiger partial charge is 0.336 e. The second-order valence-electron chi connectivity index (χ2n) is 2.70. The average Bonchev–Trinajstić information content (AvgIpc) is 2.17. The largest absolute Gasteiger partial charge is 0.478 e. The first-order valence-electron chi connectivity index (χ1n) is 4.24. The lowest BCUT2D eigenvalue weighted by Gasteiger charge is -2.05. The number of rotatable bonds is 4. The summed E-state index contributed by atoms with van der Waals surface area (Å²) in [6.45, 7) is 1.37. The number of carbonyl (C=O) groups is 1. The monoisotopic (exact) mass is 214 g/mol. The molecule has 1 rings (SSSR count). The second-order valence-corrected chi connectivity index (χ2v) is 4.01. The first-order chi connectivity index (χ1) is 6.69. The molecule has 0 bridgehead atoms. The minimum absolute atomic E-state index is 0.244. The van der Waals surface area contributed by atoms with Gasteiger partial charge in [0.05, 0.1) is 5.56 Å². The molecule has 14 heavy (non-hydrogen) atoms. The zero-order valence-corrected chi connectivity index (χ0v) is 8.60. The molecule has 2 nitrogen and oxygen atoms in total. The fraction of sp³-hybridized carbons (Fsp3) is 0.300. The van der Waals surface area contributed by atoms with E-state index in [0.29, 0.717) is 10.5 Å². The number of hydrogen-bond donors (Lipinski definition) is 1.